The van der Waals surface area contributed by atoms with E-state index in [2.05, 4.69) is 4.90 Å². The molecule has 1 amide bonds. The van der Waals surface area contributed by atoms with Crippen molar-refractivity contribution in [1.82, 2.24) is 9.88 Å². The van der Waals surface area contributed by atoms with Gasteiger partial charge in [-0.2, -0.15) is 0 Å². The molecule has 0 unspecified atom stereocenters. The summed E-state index contributed by atoms with van der Waals surface area (Å²) in [5.41, 5.74) is 2.35. The maximum absolute atomic E-state index is 13.3. The van der Waals surface area contributed by atoms with Gasteiger partial charge in [-0.15, -0.1) is 12.4 Å². The van der Waals surface area contributed by atoms with Gasteiger partial charge in [-0.25, -0.2) is 4.98 Å². The lowest BCUT2D eigenvalue weighted by atomic mass is 10.2. The summed E-state index contributed by atoms with van der Waals surface area (Å²) in [4.78, 5) is 32.6. The molecule has 1 saturated heterocycles. The van der Waals surface area contributed by atoms with E-state index in [0.29, 0.717) is 42.7 Å². The number of anilines is 1. The first-order chi connectivity index (χ1) is 16.5. The van der Waals surface area contributed by atoms with Crippen LogP contribution >= 0.6 is 23.7 Å². The highest BCUT2D eigenvalue weighted by Crippen LogP contribution is 2.36. The molecule has 186 valence electrons. The second kappa shape index (κ2) is 12.1. The highest BCUT2D eigenvalue weighted by Gasteiger charge is 2.22. The predicted molar refractivity (Wildman–Crippen MR) is 140 cm³/mol. The number of halogens is 1. The first-order valence-corrected chi connectivity index (χ1v) is 11.8. The topological polar surface area (TPSA) is 98.0 Å². The number of hydrogen-bond donors (Lipinski definition) is 0. The largest absolute Gasteiger partial charge is 0.494 e. The summed E-state index contributed by atoms with van der Waals surface area (Å²) in [6, 6.07) is 10.0. The number of thiazole rings is 1. The summed E-state index contributed by atoms with van der Waals surface area (Å²) in [5, 5.41) is 11.6. The summed E-state index contributed by atoms with van der Waals surface area (Å²) >= 11 is 1.45. The number of nitrogens with zero attached hydrogens (tertiary/aromatic N) is 4. The quantitative estimate of drug-likeness (QED) is 0.249. The minimum Gasteiger partial charge on any atom is -0.494 e. The van der Waals surface area contributed by atoms with Gasteiger partial charge in [0.2, 0.25) is 0 Å². The zero-order valence-electron chi connectivity index (χ0n) is 19.5. The molecule has 1 fully saturated rings. The summed E-state index contributed by atoms with van der Waals surface area (Å²) in [6.45, 7) is 6.14. The SMILES string of the molecule is COc1ccc(C)c2sc(N(CCN3CCOCC3)C(=O)/C=C/c3cccc([N+](=O)[O-])c3)nc12.Cl. The molecule has 2 heterocycles. The van der Waals surface area contributed by atoms with Crippen molar-refractivity contribution in [1.29, 1.82) is 0 Å². The van der Waals surface area contributed by atoms with Crippen LogP contribution in [0.4, 0.5) is 10.8 Å². The number of nitro benzene ring substituents is 1. The molecular weight excluding hydrogens is 492 g/mol. The van der Waals surface area contributed by atoms with E-state index in [4.69, 9.17) is 14.5 Å². The number of carbonyl (C=O) groups excluding carboxylic acids is 1. The minimum absolute atomic E-state index is 0. The van der Waals surface area contributed by atoms with Gasteiger partial charge in [-0.05, 0) is 30.2 Å². The molecule has 1 aliphatic heterocycles. The number of rotatable bonds is 8. The van der Waals surface area contributed by atoms with Crippen LogP contribution in [0.5, 0.6) is 5.75 Å². The average Bonchev–Trinajstić information content (AvgIpc) is 3.30. The van der Waals surface area contributed by atoms with Crippen LogP contribution in [0, 0.1) is 17.0 Å². The molecule has 9 nitrogen and oxygen atoms in total. The van der Waals surface area contributed by atoms with E-state index >= 15 is 0 Å². The normalized spacial score (nSPS) is 14.1. The van der Waals surface area contributed by atoms with Crippen LogP contribution in [0.3, 0.4) is 0 Å². The summed E-state index contributed by atoms with van der Waals surface area (Å²) in [5.74, 6) is 0.422. The first kappa shape index (κ1) is 26.6. The number of non-ortho nitro benzene ring substituents is 1. The van der Waals surface area contributed by atoms with Gasteiger partial charge >= 0.3 is 0 Å². The van der Waals surface area contributed by atoms with E-state index in [1.165, 1.54) is 29.5 Å². The Bertz CT molecular complexity index is 1230. The van der Waals surface area contributed by atoms with Crippen LogP contribution < -0.4 is 9.64 Å². The van der Waals surface area contributed by atoms with Crippen molar-refractivity contribution in [3.8, 4) is 5.75 Å². The Kier molecular flexibility index (Phi) is 9.16. The van der Waals surface area contributed by atoms with E-state index < -0.39 is 4.92 Å². The Hall–Kier alpha value is -3.05. The lowest BCUT2D eigenvalue weighted by molar-refractivity contribution is -0.384. The van der Waals surface area contributed by atoms with Gasteiger partial charge in [0.1, 0.15) is 11.3 Å². The van der Waals surface area contributed by atoms with E-state index in [1.807, 2.05) is 19.1 Å². The van der Waals surface area contributed by atoms with Gasteiger partial charge in [-0.3, -0.25) is 24.7 Å². The molecule has 0 radical (unpaired) electrons. The molecule has 2 aromatic carbocycles. The Morgan fingerprint density at radius 3 is 2.80 bits per heavy atom. The molecule has 0 aliphatic carbocycles. The predicted octanol–water partition coefficient (Wildman–Crippen LogP) is 4.32. The fourth-order valence-corrected chi connectivity index (χ4v) is 4.83. The summed E-state index contributed by atoms with van der Waals surface area (Å²) in [7, 11) is 1.60. The number of aryl methyl sites for hydroxylation is 1. The lowest BCUT2D eigenvalue weighted by Crippen LogP contribution is -2.42. The molecule has 3 aromatic rings. The third kappa shape index (κ3) is 6.34. The lowest BCUT2D eigenvalue weighted by Gasteiger charge is -2.28. The Morgan fingerprint density at radius 1 is 1.31 bits per heavy atom. The number of aromatic nitrogens is 1. The van der Waals surface area contributed by atoms with Gasteiger partial charge in [0.15, 0.2) is 5.13 Å². The Morgan fingerprint density at radius 2 is 2.09 bits per heavy atom. The molecule has 1 aliphatic rings. The number of amides is 1. The molecule has 0 saturated carbocycles. The van der Waals surface area contributed by atoms with E-state index in [-0.39, 0.29) is 24.0 Å². The van der Waals surface area contributed by atoms with Crippen molar-refractivity contribution < 1.29 is 19.2 Å². The Balaban J connectivity index is 0.00000342. The maximum Gasteiger partial charge on any atom is 0.270 e. The number of nitro groups is 1. The van der Waals surface area contributed by atoms with Crippen LogP contribution in [0.25, 0.3) is 16.3 Å². The number of benzene rings is 2. The maximum atomic E-state index is 13.3. The zero-order chi connectivity index (χ0) is 24.1. The van der Waals surface area contributed by atoms with Crippen molar-refractivity contribution in [2.45, 2.75) is 6.92 Å². The molecular formula is C24H27ClN4O5S. The van der Waals surface area contributed by atoms with Crippen molar-refractivity contribution in [3.63, 3.8) is 0 Å². The smallest absolute Gasteiger partial charge is 0.270 e. The average molecular weight is 519 g/mol. The summed E-state index contributed by atoms with van der Waals surface area (Å²) in [6.07, 6.45) is 3.03. The zero-order valence-corrected chi connectivity index (χ0v) is 21.1. The number of carbonyl (C=O) groups is 1. The van der Waals surface area contributed by atoms with Gasteiger partial charge in [0, 0.05) is 44.4 Å². The van der Waals surface area contributed by atoms with Gasteiger partial charge in [0.05, 0.1) is 29.9 Å². The molecule has 0 spiro atoms. The molecule has 4 rings (SSSR count). The third-order valence-electron chi connectivity index (χ3n) is 5.65. The number of methoxy groups -OCH3 is 1. The highest BCUT2D eigenvalue weighted by atomic mass is 35.5. The molecule has 0 N–H and O–H groups in total. The molecule has 11 heteroatoms. The molecule has 0 atom stereocenters. The fraction of sp³-hybridized carbons (Fsp3) is 0.333. The van der Waals surface area contributed by atoms with Crippen LogP contribution in [0.15, 0.2) is 42.5 Å². The van der Waals surface area contributed by atoms with Crippen molar-refractivity contribution in [2.24, 2.45) is 0 Å². The Labute approximate surface area is 213 Å². The van der Waals surface area contributed by atoms with Gasteiger partial charge in [0.25, 0.3) is 11.6 Å². The van der Waals surface area contributed by atoms with E-state index in [0.717, 1.165) is 28.9 Å². The number of hydrogen-bond acceptors (Lipinski definition) is 8. The van der Waals surface area contributed by atoms with Crippen LogP contribution in [0.2, 0.25) is 0 Å². The van der Waals surface area contributed by atoms with Crippen molar-refractivity contribution in [3.05, 3.63) is 63.7 Å². The number of fused-ring (bicyclic) bond motifs is 1. The molecule has 0 bridgehead atoms. The van der Waals surface area contributed by atoms with Crippen molar-refractivity contribution >= 4 is 56.8 Å². The minimum atomic E-state index is -0.454. The summed E-state index contributed by atoms with van der Waals surface area (Å²) < 4.78 is 11.9. The molecule has 1 aromatic heterocycles. The van der Waals surface area contributed by atoms with E-state index in [9.17, 15) is 14.9 Å². The standard InChI is InChI=1S/C24H26N4O5S.ClH/c1-17-6-8-20(32-2)22-23(17)34-24(25-22)27(11-10-26-12-14-33-15-13-26)21(29)9-7-18-4-3-5-19(16-18)28(30)31;/h3-9,16H,10-15H2,1-2H3;1H/b9-7+;. The second-order valence-corrected chi connectivity index (χ2v) is 8.87. The van der Waals surface area contributed by atoms with Gasteiger partial charge < -0.3 is 9.47 Å². The van der Waals surface area contributed by atoms with Gasteiger partial charge in [-0.1, -0.05) is 29.5 Å². The fourth-order valence-electron chi connectivity index (χ4n) is 3.74. The van der Waals surface area contributed by atoms with Crippen LogP contribution in [0.1, 0.15) is 11.1 Å². The van der Waals surface area contributed by atoms with Crippen LogP contribution in [-0.4, -0.2) is 67.2 Å². The monoisotopic (exact) mass is 518 g/mol. The third-order valence-corrected chi connectivity index (χ3v) is 6.87. The van der Waals surface area contributed by atoms with Crippen LogP contribution in [-0.2, 0) is 9.53 Å². The first-order valence-electron chi connectivity index (χ1n) is 10.9. The molecule has 35 heavy (non-hydrogen) atoms. The van der Waals surface area contributed by atoms with Crippen molar-refractivity contribution in [2.75, 3.05) is 51.4 Å². The number of ether oxygens (including phenoxy) is 2. The highest BCUT2D eigenvalue weighted by molar-refractivity contribution is 7.22. The van der Waals surface area contributed by atoms with E-state index in [1.54, 1.807) is 30.2 Å². The second-order valence-electron chi connectivity index (χ2n) is 7.89. The number of morpholine rings is 1.